The Hall–Kier alpha value is -1.06. The molecule has 0 aromatic heterocycles. The average molecular weight is 314 g/mol. The summed E-state index contributed by atoms with van der Waals surface area (Å²) in [6, 6.07) is 0. The lowest BCUT2D eigenvalue weighted by atomic mass is 9.77. The van der Waals surface area contributed by atoms with E-state index in [4.69, 9.17) is 0 Å². The van der Waals surface area contributed by atoms with Gasteiger partial charge in [0.25, 0.3) is 0 Å². The molecule has 0 heterocycles. The van der Waals surface area contributed by atoms with Gasteiger partial charge in [0.1, 0.15) is 0 Å². The van der Waals surface area contributed by atoms with Crippen molar-refractivity contribution in [2.75, 3.05) is 0 Å². The number of carboxylic acid groups (broad SMARTS) is 2. The topological polar surface area (TPSA) is 74.6 Å². The zero-order valence-corrected chi connectivity index (χ0v) is 14.8. The maximum Gasteiger partial charge on any atom is 0.309 e. The molecule has 0 radical (unpaired) electrons. The van der Waals surface area contributed by atoms with Crippen LogP contribution in [-0.4, -0.2) is 22.2 Å². The lowest BCUT2D eigenvalue weighted by Crippen LogP contribution is -2.29. The summed E-state index contributed by atoms with van der Waals surface area (Å²) >= 11 is 0. The van der Waals surface area contributed by atoms with Gasteiger partial charge in [-0.1, -0.05) is 52.4 Å². The van der Waals surface area contributed by atoms with Gasteiger partial charge in [-0.05, 0) is 39.5 Å². The van der Waals surface area contributed by atoms with Crippen molar-refractivity contribution < 1.29 is 19.8 Å². The van der Waals surface area contributed by atoms with Gasteiger partial charge >= 0.3 is 11.9 Å². The third-order valence-electron chi connectivity index (χ3n) is 4.90. The fraction of sp³-hybridized carbons (Fsp3) is 0.889. The second-order valence-electron chi connectivity index (χ2n) is 7.15. The first-order chi connectivity index (χ1) is 10.2. The van der Waals surface area contributed by atoms with Crippen LogP contribution in [0.2, 0.25) is 0 Å². The van der Waals surface area contributed by atoms with Crippen molar-refractivity contribution in [3.8, 4) is 0 Å². The minimum absolute atomic E-state index is 0.631. The number of carbonyl (C=O) groups is 2. The van der Waals surface area contributed by atoms with Crippen LogP contribution in [0.25, 0.3) is 0 Å². The van der Waals surface area contributed by atoms with Gasteiger partial charge in [0.15, 0.2) is 0 Å². The molecule has 4 nitrogen and oxygen atoms in total. The quantitative estimate of drug-likeness (QED) is 0.463. The molecule has 0 aliphatic rings. The monoisotopic (exact) mass is 314 g/mol. The molecule has 0 bridgehead atoms. The highest BCUT2D eigenvalue weighted by Gasteiger charge is 2.34. The highest BCUT2D eigenvalue weighted by Crippen LogP contribution is 2.34. The normalized spacial score (nSPS) is 16.7. The summed E-state index contributed by atoms with van der Waals surface area (Å²) in [5.74, 6) is -1.46. The maximum absolute atomic E-state index is 11.5. The van der Waals surface area contributed by atoms with Crippen LogP contribution in [-0.2, 0) is 9.59 Å². The predicted octanol–water partition coefficient (Wildman–Crippen LogP) is 5.11. The molecular weight excluding hydrogens is 280 g/mol. The molecule has 0 aliphatic heterocycles. The van der Waals surface area contributed by atoms with Crippen molar-refractivity contribution in [3.63, 3.8) is 0 Å². The Morgan fingerprint density at radius 2 is 0.955 bits per heavy atom. The SMILES string of the molecule is CCCCC(C)(CCCCC(C)(CCCC)C(=O)O)C(=O)O. The second kappa shape index (κ2) is 9.86. The summed E-state index contributed by atoms with van der Waals surface area (Å²) in [5, 5.41) is 18.9. The summed E-state index contributed by atoms with van der Waals surface area (Å²) < 4.78 is 0. The van der Waals surface area contributed by atoms with E-state index < -0.39 is 22.8 Å². The Morgan fingerprint density at radius 1 is 0.682 bits per heavy atom. The Bertz CT molecular complexity index is 319. The van der Waals surface area contributed by atoms with Crippen molar-refractivity contribution in [2.45, 2.75) is 91.9 Å². The molecule has 2 N–H and O–H groups in total. The first kappa shape index (κ1) is 20.9. The van der Waals surface area contributed by atoms with E-state index in [2.05, 4.69) is 13.8 Å². The van der Waals surface area contributed by atoms with E-state index in [0.717, 1.165) is 38.5 Å². The summed E-state index contributed by atoms with van der Waals surface area (Å²) in [6.07, 6.45) is 8.06. The van der Waals surface area contributed by atoms with E-state index >= 15 is 0 Å². The first-order valence-electron chi connectivity index (χ1n) is 8.68. The van der Waals surface area contributed by atoms with E-state index in [0.29, 0.717) is 25.7 Å². The second-order valence-corrected chi connectivity index (χ2v) is 7.15. The molecule has 0 spiro atoms. The number of unbranched alkanes of at least 4 members (excludes halogenated alkanes) is 3. The van der Waals surface area contributed by atoms with Crippen LogP contribution in [0.15, 0.2) is 0 Å². The Morgan fingerprint density at radius 3 is 1.18 bits per heavy atom. The summed E-state index contributed by atoms with van der Waals surface area (Å²) in [7, 11) is 0. The maximum atomic E-state index is 11.5. The molecule has 4 heteroatoms. The van der Waals surface area contributed by atoms with Crippen LogP contribution < -0.4 is 0 Å². The number of carboxylic acids is 2. The average Bonchev–Trinajstić information content (AvgIpc) is 2.47. The molecule has 0 saturated carbocycles. The van der Waals surface area contributed by atoms with Gasteiger partial charge in [-0.15, -0.1) is 0 Å². The largest absolute Gasteiger partial charge is 0.481 e. The van der Waals surface area contributed by atoms with Crippen LogP contribution in [0.1, 0.15) is 91.9 Å². The van der Waals surface area contributed by atoms with Gasteiger partial charge in [0.05, 0.1) is 10.8 Å². The van der Waals surface area contributed by atoms with Gasteiger partial charge < -0.3 is 10.2 Å². The molecule has 0 amide bonds. The van der Waals surface area contributed by atoms with Gasteiger partial charge in [-0.3, -0.25) is 9.59 Å². The zero-order chi connectivity index (χ0) is 17.2. The number of hydrogen-bond acceptors (Lipinski definition) is 2. The predicted molar refractivity (Wildman–Crippen MR) is 89.0 cm³/mol. The molecule has 130 valence electrons. The third kappa shape index (κ3) is 6.80. The highest BCUT2D eigenvalue weighted by molar-refractivity contribution is 5.74. The minimum Gasteiger partial charge on any atom is -0.481 e. The van der Waals surface area contributed by atoms with Gasteiger partial charge in [-0.2, -0.15) is 0 Å². The van der Waals surface area contributed by atoms with E-state index in [1.54, 1.807) is 0 Å². The van der Waals surface area contributed by atoms with Gasteiger partial charge in [0, 0.05) is 0 Å². The first-order valence-corrected chi connectivity index (χ1v) is 8.68. The Labute approximate surface area is 135 Å². The van der Waals surface area contributed by atoms with E-state index in [1.807, 2.05) is 13.8 Å². The molecule has 0 aromatic carbocycles. The van der Waals surface area contributed by atoms with E-state index in [-0.39, 0.29) is 0 Å². The standard InChI is InChI=1S/C18H34O4/c1-5-7-11-17(3,15(19)20)13-9-10-14-18(4,16(21)22)12-8-6-2/h5-14H2,1-4H3,(H,19,20)(H,21,22). The Balaban J connectivity index is 4.41. The van der Waals surface area contributed by atoms with Crippen LogP contribution in [0, 0.1) is 10.8 Å². The van der Waals surface area contributed by atoms with Crippen molar-refractivity contribution in [1.29, 1.82) is 0 Å². The number of rotatable bonds is 13. The molecule has 0 aliphatic carbocycles. The van der Waals surface area contributed by atoms with Crippen LogP contribution in [0.4, 0.5) is 0 Å². The fourth-order valence-electron chi connectivity index (χ4n) is 2.84. The van der Waals surface area contributed by atoms with Crippen molar-refractivity contribution >= 4 is 11.9 Å². The smallest absolute Gasteiger partial charge is 0.309 e. The molecule has 22 heavy (non-hydrogen) atoms. The molecule has 0 aromatic rings. The molecule has 0 fully saturated rings. The van der Waals surface area contributed by atoms with E-state index in [1.165, 1.54) is 0 Å². The molecule has 2 atom stereocenters. The lowest BCUT2D eigenvalue weighted by Gasteiger charge is -2.27. The molecule has 2 unspecified atom stereocenters. The number of hydrogen-bond donors (Lipinski definition) is 2. The van der Waals surface area contributed by atoms with Crippen molar-refractivity contribution in [3.05, 3.63) is 0 Å². The van der Waals surface area contributed by atoms with Crippen LogP contribution >= 0.6 is 0 Å². The van der Waals surface area contributed by atoms with Crippen molar-refractivity contribution in [1.82, 2.24) is 0 Å². The number of aliphatic carboxylic acids is 2. The molecule has 0 rings (SSSR count). The van der Waals surface area contributed by atoms with E-state index in [9.17, 15) is 19.8 Å². The zero-order valence-electron chi connectivity index (χ0n) is 14.8. The minimum atomic E-state index is -0.729. The lowest BCUT2D eigenvalue weighted by molar-refractivity contribution is -0.150. The van der Waals surface area contributed by atoms with Crippen LogP contribution in [0.3, 0.4) is 0 Å². The fourth-order valence-corrected chi connectivity index (χ4v) is 2.84. The van der Waals surface area contributed by atoms with Crippen molar-refractivity contribution in [2.24, 2.45) is 10.8 Å². The highest BCUT2D eigenvalue weighted by atomic mass is 16.4. The molecular formula is C18H34O4. The van der Waals surface area contributed by atoms with Gasteiger partial charge in [0.2, 0.25) is 0 Å². The summed E-state index contributed by atoms with van der Waals surface area (Å²) in [6.45, 7) is 7.76. The van der Waals surface area contributed by atoms with Crippen LogP contribution in [0.5, 0.6) is 0 Å². The third-order valence-corrected chi connectivity index (χ3v) is 4.90. The summed E-state index contributed by atoms with van der Waals surface area (Å²) in [4.78, 5) is 22.9. The van der Waals surface area contributed by atoms with Gasteiger partial charge in [-0.25, -0.2) is 0 Å². The Kier molecular flexibility index (Phi) is 9.38. The summed E-state index contributed by atoms with van der Waals surface area (Å²) in [5.41, 5.74) is -1.34. The molecule has 0 saturated heterocycles.